The summed E-state index contributed by atoms with van der Waals surface area (Å²) >= 11 is 0. The van der Waals surface area contributed by atoms with Crippen LogP contribution in [0.5, 0.6) is 0 Å². The average Bonchev–Trinajstić information content (AvgIpc) is 2.63. The summed E-state index contributed by atoms with van der Waals surface area (Å²) in [5.41, 5.74) is 1.21. The lowest BCUT2D eigenvalue weighted by molar-refractivity contribution is -0.121. The number of hydrogen-bond donors (Lipinski definition) is 1. The zero-order valence-corrected chi connectivity index (χ0v) is 12.8. The third-order valence-corrected chi connectivity index (χ3v) is 4.00. The summed E-state index contributed by atoms with van der Waals surface area (Å²) in [5.74, 6) is -0.325. The van der Waals surface area contributed by atoms with E-state index in [0.29, 0.717) is 18.8 Å². The first-order chi connectivity index (χ1) is 11.2. The maximum atomic E-state index is 12.5. The molecule has 0 bridgehead atoms. The van der Waals surface area contributed by atoms with Gasteiger partial charge in [0.15, 0.2) is 0 Å². The first kappa shape index (κ1) is 15.2. The second kappa shape index (κ2) is 7.05. The second-order valence-electron chi connectivity index (χ2n) is 5.66. The maximum Gasteiger partial charge on any atom is 0.272 e. The molecule has 118 valence electrons. The number of para-hydroxylation sites is 1. The molecule has 1 fully saturated rings. The van der Waals surface area contributed by atoms with Crippen LogP contribution in [-0.2, 0) is 4.79 Å². The molecule has 0 unspecified atom stereocenters. The number of rotatable bonds is 3. The molecule has 5 heteroatoms. The number of carbonyl (C=O) groups is 2. The van der Waals surface area contributed by atoms with Crippen molar-refractivity contribution in [3.05, 3.63) is 60.4 Å². The van der Waals surface area contributed by atoms with E-state index in [4.69, 9.17) is 0 Å². The van der Waals surface area contributed by atoms with E-state index in [0.717, 1.165) is 18.5 Å². The molecule has 0 spiro atoms. The number of piperidine rings is 1. The lowest BCUT2D eigenvalue weighted by atomic mass is 9.96. The van der Waals surface area contributed by atoms with E-state index in [1.54, 1.807) is 29.3 Å². The highest BCUT2D eigenvalue weighted by molar-refractivity contribution is 5.95. The Morgan fingerprint density at radius 2 is 1.87 bits per heavy atom. The molecule has 2 aromatic rings. The predicted octanol–water partition coefficient (Wildman–Crippen LogP) is 2.57. The third kappa shape index (κ3) is 3.74. The van der Waals surface area contributed by atoms with Crippen LogP contribution in [0.1, 0.15) is 23.3 Å². The number of nitrogens with one attached hydrogen (secondary N) is 1. The van der Waals surface area contributed by atoms with Crippen LogP contribution in [0, 0.1) is 5.92 Å². The van der Waals surface area contributed by atoms with Gasteiger partial charge in [0.05, 0.1) is 5.92 Å². The summed E-state index contributed by atoms with van der Waals surface area (Å²) in [4.78, 5) is 30.7. The van der Waals surface area contributed by atoms with E-state index in [1.807, 2.05) is 30.3 Å². The van der Waals surface area contributed by atoms with Crippen LogP contribution in [0.25, 0.3) is 0 Å². The van der Waals surface area contributed by atoms with Crippen LogP contribution in [0.4, 0.5) is 5.69 Å². The largest absolute Gasteiger partial charge is 0.337 e. The van der Waals surface area contributed by atoms with E-state index >= 15 is 0 Å². The van der Waals surface area contributed by atoms with E-state index in [9.17, 15) is 9.59 Å². The number of carbonyl (C=O) groups excluding carboxylic acids is 2. The normalized spacial score (nSPS) is 17.6. The Balaban J connectivity index is 1.64. The molecule has 1 N–H and O–H groups in total. The number of likely N-dealkylation sites (tertiary alicyclic amines) is 1. The van der Waals surface area contributed by atoms with Gasteiger partial charge in [-0.05, 0) is 37.1 Å². The molecule has 23 heavy (non-hydrogen) atoms. The van der Waals surface area contributed by atoms with Gasteiger partial charge in [-0.15, -0.1) is 0 Å². The van der Waals surface area contributed by atoms with Crippen LogP contribution in [0.3, 0.4) is 0 Å². The second-order valence-corrected chi connectivity index (χ2v) is 5.66. The Labute approximate surface area is 135 Å². The highest BCUT2D eigenvalue weighted by Gasteiger charge is 2.29. The molecule has 1 aliphatic heterocycles. The van der Waals surface area contributed by atoms with Gasteiger partial charge in [-0.2, -0.15) is 0 Å². The molecule has 5 nitrogen and oxygen atoms in total. The minimum atomic E-state index is -0.184. The van der Waals surface area contributed by atoms with Crippen molar-refractivity contribution in [2.24, 2.45) is 5.92 Å². The van der Waals surface area contributed by atoms with Gasteiger partial charge in [0.2, 0.25) is 5.91 Å². The SMILES string of the molecule is O=C(Nc1ccccc1)[C@H]1CCCN(C(=O)c2ccccn2)C1. The minimum absolute atomic E-state index is 0.0327. The van der Waals surface area contributed by atoms with Gasteiger partial charge in [0, 0.05) is 25.0 Å². The molecular weight excluding hydrogens is 290 g/mol. The van der Waals surface area contributed by atoms with Crippen LogP contribution < -0.4 is 5.32 Å². The fourth-order valence-corrected chi connectivity index (χ4v) is 2.79. The summed E-state index contributed by atoms with van der Waals surface area (Å²) in [6.07, 6.45) is 3.23. The van der Waals surface area contributed by atoms with Crippen molar-refractivity contribution >= 4 is 17.5 Å². The van der Waals surface area contributed by atoms with Gasteiger partial charge in [-0.25, -0.2) is 0 Å². The van der Waals surface area contributed by atoms with Crippen LogP contribution in [0.2, 0.25) is 0 Å². The van der Waals surface area contributed by atoms with Crippen molar-refractivity contribution in [1.82, 2.24) is 9.88 Å². The Hall–Kier alpha value is -2.69. The third-order valence-electron chi connectivity index (χ3n) is 4.00. The quantitative estimate of drug-likeness (QED) is 0.948. The topological polar surface area (TPSA) is 62.3 Å². The molecule has 1 aromatic carbocycles. The van der Waals surface area contributed by atoms with Crippen LogP contribution in [0.15, 0.2) is 54.7 Å². The van der Waals surface area contributed by atoms with Crippen molar-refractivity contribution in [2.45, 2.75) is 12.8 Å². The fourth-order valence-electron chi connectivity index (χ4n) is 2.79. The Morgan fingerprint density at radius 1 is 1.09 bits per heavy atom. The van der Waals surface area contributed by atoms with Crippen molar-refractivity contribution in [3.63, 3.8) is 0 Å². The van der Waals surface area contributed by atoms with Gasteiger partial charge >= 0.3 is 0 Å². The highest BCUT2D eigenvalue weighted by atomic mass is 16.2. The summed E-state index contributed by atoms with van der Waals surface area (Å²) in [6.45, 7) is 1.11. The van der Waals surface area contributed by atoms with Crippen molar-refractivity contribution < 1.29 is 9.59 Å². The van der Waals surface area contributed by atoms with E-state index < -0.39 is 0 Å². The standard InChI is InChI=1S/C18H19N3O2/c22-17(20-15-8-2-1-3-9-15)14-7-6-12-21(13-14)18(23)16-10-4-5-11-19-16/h1-5,8-11,14H,6-7,12-13H2,(H,20,22)/t14-/m0/s1. The number of amides is 2. The number of anilines is 1. The molecule has 0 aliphatic carbocycles. The summed E-state index contributed by atoms with van der Waals surface area (Å²) < 4.78 is 0. The molecular formula is C18H19N3O2. The molecule has 1 saturated heterocycles. The van der Waals surface area contributed by atoms with Crippen LogP contribution in [-0.4, -0.2) is 34.8 Å². The molecule has 1 aliphatic rings. The Bertz CT molecular complexity index is 673. The average molecular weight is 309 g/mol. The molecule has 1 atom stereocenters. The summed E-state index contributed by atoms with van der Waals surface area (Å²) in [7, 11) is 0. The van der Waals surface area contributed by atoms with Gasteiger partial charge in [0.25, 0.3) is 5.91 Å². The maximum absolute atomic E-state index is 12.5. The van der Waals surface area contributed by atoms with Crippen LogP contribution >= 0.6 is 0 Å². The molecule has 3 rings (SSSR count). The lowest BCUT2D eigenvalue weighted by Gasteiger charge is -2.31. The number of aromatic nitrogens is 1. The van der Waals surface area contributed by atoms with Gasteiger partial charge < -0.3 is 10.2 Å². The predicted molar refractivity (Wildman–Crippen MR) is 87.9 cm³/mol. The zero-order valence-electron chi connectivity index (χ0n) is 12.8. The molecule has 1 aromatic heterocycles. The zero-order chi connectivity index (χ0) is 16.1. The van der Waals surface area contributed by atoms with E-state index in [-0.39, 0.29) is 17.7 Å². The highest BCUT2D eigenvalue weighted by Crippen LogP contribution is 2.20. The Morgan fingerprint density at radius 3 is 2.61 bits per heavy atom. The van der Waals surface area contributed by atoms with Crippen molar-refractivity contribution in [1.29, 1.82) is 0 Å². The van der Waals surface area contributed by atoms with Gasteiger partial charge in [-0.1, -0.05) is 24.3 Å². The molecule has 2 amide bonds. The number of pyridine rings is 1. The minimum Gasteiger partial charge on any atom is -0.337 e. The Kier molecular flexibility index (Phi) is 4.66. The summed E-state index contributed by atoms with van der Waals surface area (Å²) in [6, 6.07) is 14.7. The van der Waals surface area contributed by atoms with E-state index in [1.165, 1.54) is 0 Å². The molecule has 2 heterocycles. The lowest BCUT2D eigenvalue weighted by Crippen LogP contribution is -2.44. The van der Waals surface area contributed by atoms with Gasteiger partial charge in [0.1, 0.15) is 5.69 Å². The number of nitrogens with zero attached hydrogens (tertiary/aromatic N) is 2. The molecule has 0 radical (unpaired) electrons. The number of benzene rings is 1. The smallest absolute Gasteiger partial charge is 0.272 e. The first-order valence-corrected chi connectivity index (χ1v) is 7.80. The van der Waals surface area contributed by atoms with Crippen molar-refractivity contribution in [3.8, 4) is 0 Å². The monoisotopic (exact) mass is 309 g/mol. The first-order valence-electron chi connectivity index (χ1n) is 7.80. The van der Waals surface area contributed by atoms with Gasteiger partial charge in [-0.3, -0.25) is 14.6 Å². The van der Waals surface area contributed by atoms with E-state index in [2.05, 4.69) is 10.3 Å². The summed E-state index contributed by atoms with van der Waals surface area (Å²) in [5, 5.41) is 2.92. The number of hydrogen-bond acceptors (Lipinski definition) is 3. The fraction of sp³-hybridized carbons (Fsp3) is 0.278. The molecule has 0 saturated carbocycles. The van der Waals surface area contributed by atoms with Crippen molar-refractivity contribution in [2.75, 3.05) is 18.4 Å².